The lowest BCUT2D eigenvalue weighted by Crippen LogP contribution is -2.21. The van der Waals surface area contributed by atoms with Crippen LogP contribution in [0, 0.1) is 6.92 Å². The predicted octanol–water partition coefficient (Wildman–Crippen LogP) is 5.23. The second-order valence-corrected chi connectivity index (χ2v) is 7.95. The third-order valence-corrected chi connectivity index (χ3v) is 5.99. The number of aryl methyl sites for hydroxylation is 1. The largest absolute Gasteiger partial charge is 0.289 e. The number of carbonyl (C=O) groups is 4. The normalized spacial score (nSPS) is 13.2. The molecule has 4 aromatic rings. The minimum Gasteiger partial charge on any atom is -0.289 e. The SMILES string of the molecule is Cc1cccc2c1C(=O)c1ccccc1C2=O.O=C1c2ccccc2C(=O)c2ccccc21. The summed E-state index contributed by atoms with van der Waals surface area (Å²) in [6.07, 6.45) is 0. The molecule has 0 amide bonds. The predicted molar refractivity (Wildman–Crippen MR) is 124 cm³/mol. The molecule has 0 aromatic heterocycles. The lowest BCUT2D eigenvalue weighted by molar-refractivity contribution is 0.0978. The molecule has 0 bridgehead atoms. The molecule has 0 atom stereocenters. The Morgan fingerprint density at radius 3 is 1.06 bits per heavy atom. The van der Waals surface area contributed by atoms with Crippen molar-refractivity contribution in [3.05, 3.63) is 141 Å². The van der Waals surface area contributed by atoms with Crippen LogP contribution in [0.1, 0.15) is 69.2 Å². The maximum atomic E-state index is 12.3. The van der Waals surface area contributed by atoms with E-state index in [9.17, 15) is 19.2 Å². The molecule has 0 aliphatic heterocycles. The zero-order valence-corrected chi connectivity index (χ0v) is 17.8. The molecule has 2 aliphatic rings. The van der Waals surface area contributed by atoms with Crippen molar-refractivity contribution in [3.8, 4) is 0 Å². The molecule has 0 unspecified atom stereocenters. The van der Waals surface area contributed by atoms with E-state index in [0.29, 0.717) is 44.5 Å². The fraction of sp³-hybridized carbons (Fsp3) is 0.0345. The third-order valence-electron chi connectivity index (χ3n) is 5.99. The minimum atomic E-state index is -0.0641. The fourth-order valence-electron chi connectivity index (χ4n) is 4.37. The van der Waals surface area contributed by atoms with Crippen molar-refractivity contribution in [2.45, 2.75) is 6.92 Å². The molecule has 33 heavy (non-hydrogen) atoms. The Kier molecular flexibility index (Phi) is 4.91. The van der Waals surface area contributed by atoms with Crippen molar-refractivity contribution in [2.75, 3.05) is 0 Å². The van der Waals surface area contributed by atoms with Crippen LogP contribution in [0.25, 0.3) is 0 Å². The van der Waals surface area contributed by atoms with E-state index in [2.05, 4.69) is 0 Å². The number of carbonyl (C=O) groups excluding carboxylic acids is 4. The fourth-order valence-corrected chi connectivity index (χ4v) is 4.37. The third kappa shape index (κ3) is 3.24. The first-order valence-corrected chi connectivity index (χ1v) is 10.5. The summed E-state index contributed by atoms with van der Waals surface area (Å²) in [5.41, 5.74) is 4.98. The van der Waals surface area contributed by atoms with Gasteiger partial charge in [0.2, 0.25) is 0 Å². The highest BCUT2D eigenvalue weighted by Crippen LogP contribution is 2.29. The first-order valence-electron chi connectivity index (χ1n) is 10.5. The second-order valence-electron chi connectivity index (χ2n) is 7.95. The summed E-state index contributed by atoms with van der Waals surface area (Å²) in [6, 6.07) is 26.3. The molecule has 0 radical (unpaired) electrons. The van der Waals surface area contributed by atoms with Crippen molar-refractivity contribution in [3.63, 3.8) is 0 Å². The van der Waals surface area contributed by atoms with Gasteiger partial charge in [-0.05, 0) is 12.5 Å². The Labute approximate surface area is 190 Å². The van der Waals surface area contributed by atoms with Crippen LogP contribution in [0.2, 0.25) is 0 Å². The monoisotopic (exact) mass is 430 g/mol. The van der Waals surface area contributed by atoms with Crippen LogP contribution < -0.4 is 0 Å². The van der Waals surface area contributed by atoms with Gasteiger partial charge in [-0.15, -0.1) is 0 Å². The topological polar surface area (TPSA) is 68.3 Å². The molecule has 158 valence electrons. The molecule has 4 aromatic carbocycles. The Bertz CT molecular complexity index is 1390. The van der Waals surface area contributed by atoms with E-state index in [1.807, 2.05) is 19.1 Å². The van der Waals surface area contributed by atoms with Crippen LogP contribution >= 0.6 is 0 Å². The molecule has 6 rings (SSSR count). The van der Waals surface area contributed by atoms with Gasteiger partial charge < -0.3 is 0 Å². The van der Waals surface area contributed by atoms with Crippen LogP contribution in [-0.2, 0) is 0 Å². The van der Waals surface area contributed by atoms with Crippen molar-refractivity contribution in [2.24, 2.45) is 0 Å². The van der Waals surface area contributed by atoms with E-state index in [0.717, 1.165) is 5.56 Å². The Morgan fingerprint density at radius 1 is 0.364 bits per heavy atom. The molecular weight excluding hydrogens is 412 g/mol. The Balaban J connectivity index is 0.000000139. The number of benzene rings is 4. The van der Waals surface area contributed by atoms with Crippen LogP contribution in [-0.4, -0.2) is 23.1 Å². The minimum absolute atomic E-state index is 0.0479. The molecule has 2 aliphatic carbocycles. The van der Waals surface area contributed by atoms with Gasteiger partial charge in [-0.1, -0.05) is 91.0 Å². The van der Waals surface area contributed by atoms with Gasteiger partial charge in [0, 0.05) is 44.5 Å². The van der Waals surface area contributed by atoms with Gasteiger partial charge in [-0.25, -0.2) is 0 Å². The Hall–Kier alpha value is -4.44. The second kappa shape index (κ2) is 7.92. The summed E-state index contributed by atoms with van der Waals surface area (Å²) in [4.78, 5) is 48.8. The van der Waals surface area contributed by atoms with Crippen molar-refractivity contribution in [1.29, 1.82) is 0 Å². The van der Waals surface area contributed by atoms with Gasteiger partial charge in [-0.3, -0.25) is 19.2 Å². The average Bonchev–Trinajstić information content (AvgIpc) is 2.86. The van der Waals surface area contributed by atoms with E-state index in [1.54, 1.807) is 78.9 Å². The van der Waals surface area contributed by atoms with Crippen LogP contribution in [0.15, 0.2) is 91.0 Å². The summed E-state index contributed by atoms with van der Waals surface area (Å²) in [6.45, 7) is 1.86. The quantitative estimate of drug-likeness (QED) is 0.331. The average molecular weight is 430 g/mol. The van der Waals surface area contributed by atoms with Gasteiger partial charge in [0.05, 0.1) is 0 Å². The molecule has 0 spiro atoms. The van der Waals surface area contributed by atoms with Crippen molar-refractivity contribution in [1.82, 2.24) is 0 Å². The maximum Gasteiger partial charge on any atom is 0.194 e. The lowest BCUT2D eigenvalue weighted by Gasteiger charge is -2.18. The van der Waals surface area contributed by atoms with Crippen LogP contribution in [0.5, 0.6) is 0 Å². The zero-order valence-electron chi connectivity index (χ0n) is 17.8. The number of fused-ring (bicyclic) bond motifs is 4. The highest BCUT2D eigenvalue weighted by molar-refractivity contribution is 6.29. The summed E-state index contributed by atoms with van der Waals surface area (Å²) in [7, 11) is 0. The molecule has 0 N–H and O–H groups in total. The molecule has 0 saturated carbocycles. The lowest BCUT2D eigenvalue weighted by atomic mass is 9.82. The number of hydrogen-bond acceptors (Lipinski definition) is 4. The smallest absolute Gasteiger partial charge is 0.194 e. The zero-order chi connectivity index (χ0) is 23.1. The van der Waals surface area contributed by atoms with Crippen molar-refractivity contribution < 1.29 is 19.2 Å². The summed E-state index contributed by atoms with van der Waals surface area (Å²) < 4.78 is 0. The highest BCUT2D eigenvalue weighted by Gasteiger charge is 2.30. The molecule has 0 heterocycles. The van der Waals surface area contributed by atoms with E-state index < -0.39 is 0 Å². The first kappa shape index (κ1) is 20.5. The molecule has 0 saturated heterocycles. The standard InChI is InChI=1S/C15H10O2.C14H8O2/c1-9-5-4-8-12-13(9)15(17)11-7-3-2-6-10(11)14(12)16;15-13-9-5-1-2-6-10(9)14(16)12-8-4-3-7-11(12)13/h2-8H,1H3;1-8H. The maximum absolute atomic E-state index is 12.3. The van der Waals surface area contributed by atoms with E-state index >= 15 is 0 Å². The van der Waals surface area contributed by atoms with Gasteiger partial charge in [0.25, 0.3) is 0 Å². The molecule has 4 nitrogen and oxygen atoms in total. The highest BCUT2D eigenvalue weighted by atomic mass is 16.1. The summed E-state index contributed by atoms with van der Waals surface area (Å²) in [5.74, 6) is -0.233. The number of rotatable bonds is 0. The van der Waals surface area contributed by atoms with E-state index in [4.69, 9.17) is 0 Å². The van der Waals surface area contributed by atoms with Crippen LogP contribution in [0.4, 0.5) is 0 Å². The van der Waals surface area contributed by atoms with Gasteiger partial charge in [0.1, 0.15) is 0 Å². The number of ketones is 4. The van der Waals surface area contributed by atoms with Crippen LogP contribution in [0.3, 0.4) is 0 Å². The summed E-state index contributed by atoms with van der Waals surface area (Å²) in [5, 5.41) is 0. The molecule has 4 heteroatoms. The van der Waals surface area contributed by atoms with Gasteiger partial charge >= 0.3 is 0 Å². The molecule has 0 fully saturated rings. The molecular formula is C29H18O4. The van der Waals surface area contributed by atoms with Gasteiger partial charge in [0.15, 0.2) is 23.1 Å². The summed E-state index contributed by atoms with van der Waals surface area (Å²) >= 11 is 0. The number of hydrogen-bond donors (Lipinski definition) is 0. The van der Waals surface area contributed by atoms with Gasteiger partial charge in [-0.2, -0.15) is 0 Å². The van der Waals surface area contributed by atoms with E-state index in [1.165, 1.54) is 0 Å². The van der Waals surface area contributed by atoms with Crippen molar-refractivity contribution >= 4 is 23.1 Å². The van der Waals surface area contributed by atoms with E-state index in [-0.39, 0.29) is 23.1 Å². The first-order chi connectivity index (χ1) is 16.0. The Morgan fingerprint density at radius 2 is 0.667 bits per heavy atom.